The van der Waals surface area contributed by atoms with Gasteiger partial charge in [0, 0.05) is 38.8 Å². The van der Waals surface area contributed by atoms with Crippen LogP contribution in [0, 0.1) is 0 Å². The van der Waals surface area contributed by atoms with Crippen LogP contribution in [0.3, 0.4) is 0 Å². The molecule has 2 saturated heterocycles. The summed E-state index contributed by atoms with van der Waals surface area (Å²) in [7, 11) is 0. The predicted molar refractivity (Wildman–Crippen MR) is 49.7 cm³/mol. The Kier molecular flexibility index (Phi) is 3.16. The lowest BCUT2D eigenvalue weighted by Gasteiger charge is -2.43. The first-order chi connectivity index (χ1) is 6.40. The van der Waals surface area contributed by atoms with E-state index in [-0.39, 0.29) is 6.61 Å². The first-order valence-corrected chi connectivity index (χ1v) is 5.05. The number of piperazine rings is 1. The van der Waals surface area contributed by atoms with Gasteiger partial charge in [0.1, 0.15) is 0 Å². The van der Waals surface area contributed by atoms with Gasteiger partial charge in [-0.15, -0.1) is 0 Å². The Balaban J connectivity index is 1.84. The molecule has 2 aliphatic heterocycles. The molecule has 0 aromatic rings. The van der Waals surface area contributed by atoms with Crippen molar-refractivity contribution in [3.63, 3.8) is 0 Å². The molecule has 13 heavy (non-hydrogen) atoms. The zero-order chi connectivity index (χ0) is 9.10. The zero-order valence-corrected chi connectivity index (χ0v) is 7.98. The maximum Gasteiger partial charge on any atom is 0.0634 e. The Morgan fingerprint density at radius 2 is 2.23 bits per heavy atom. The summed E-state index contributed by atoms with van der Waals surface area (Å²) in [6.07, 6.45) is 0. The lowest BCUT2D eigenvalue weighted by Crippen LogP contribution is -2.58. The molecule has 1 atom stereocenters. The molecule has 2 fully saturated rings. The van der Waals surface area contributed by atoms with Crippen LogP contribution in [-0.2, 0) is 4.74 Å². The summed E-state index contributed by atoms with van der Waals surface area (Å²) in [5.41, 5.74) is 0. The van der Waals surface area contributed by atoms with Gasteiger partial charge in [0.15, 0.2) is 0 Å². The lowest BCUT2D eigenvalue weighted by atomic mass is 10.1. The van der Waals surface area contributed by atoms with Crippen molar-refractivity contribution in [3.8, 4) is 0 Å². The molecule has 0 aliphatic carbocycles. The number of hydrogen-bond acceptors (Lipinski definition) is 4. The van der Waals surface area contributed by atoms with Crippen LogP contribution in [0.25, 0.3) is 0 Å². The summed E-state index contributed by atoms with van der Waals surface area (Å²) in [6.45, 7) is 7.19. The van der Waals surface area contributed by atoms with E-state index in [0.717, 1.165) is 45.9 Å². The Hall–Kier alpha value is -0.160. The number of rotatable bonds is 2. The van der Waals surface area contributed by atoms with E-state index in [4.69, 9.17) is 9.84 Å². The maximum absolute atomic E-state index is 8.83. The van der Waals surface area contributed by atoms with Crippen LogP contribution >= 0.6 is 0 Å². The van der Waals surface area contributed by atoms with E-state index >= 15 is 0 Å². The predicted octanol–water partition coefficient (Wildman–Crippen LogP) is -1.00. The molecule has 0 radical (unpaired) electrons. The normalized spacial score (nSPS) is 31.6. The van der Waals surface area contributed by atoms with Crippen molar-refractivity contribution in [2.75, 3.05) is 52.5 Å². The van der Waals surface area contributed by atoms with Crippen LogP contribution in [0.2, 0.25) is 0 Å². The van der Waals surface area contributed by atoms with Crippen molar-refractivity contribution < 1.29 is 9.84 Å². The molecule has 1 unspecified atom stereocenters. The third-order valence-corrected chi connectivity index (χ3v) is 2.94. The van der Waals surface area contributed by atoms with Gasteiger partial charge in [-0.2, -0.15) is 0 Å². The van der Waals surface area contributed by atoms with Crippen LogP contribution in [0.1, 0.15) is 0 Å². The van der Waals surface area contributed by atoms with Crippen molar-refractivity contribution >= 4 is 0 Å². The van der Waals surface area contributed by atoms with Gasteiger partial charge in [-0.05, 0) is 0 Å². The molecule has 76 valence electrons. The van der Waals surface area contributed by atoms with Crippen molar-refractivity contribution in [2.45, 2.75) is 6.04 Å². The smallest absolute Gasteiger partial charge is 0.0634 e. The number of ether oxygens (including phenoxy) is 1. The molecule has 2 aliphatic rings. The Morgan fingerprint density at radius 1 is 1.31 bits per heavy atom. The highest BCUT2D eigenvalue weighted by atomic mass is 16.5. The minimum atomic E-state index is 0.271. The van der Waals surface area contributed by atoms with Crippen LogP contribution in [0.4, 0.5) is 0 Å². The largest absolute Gasteiger partial charge is 0.395 e. The van der Waals surface area contributed by atoms with Crippen molar-refractivity contribution in [2.24, 2.45) is 0 Å². The SMILES string of the molecule is OCCN1CCN2CCOCC2C1. The fourth-order valence-corrected chi connectivity index (χ4v) is 2.16. The van der Waals surface area contributed by atoms with Gasteiger partial charge in [0.05, 0.1) is 19.8 Å². The first-order valence-electron chi connectivity index (χ1n) is 5.05. The number of aliphatic hydroxyl groups excluding tert-OH is 1. The number of fused-ring (bicyclic) bond motifs is 1. The Labute approximate surface area is 79.1 Å². The second-order valence-corrected chi connectivity index (χ2v) is 3.79. The van der Waals surface area contributed by atoms with Crippen molar-refractivity contribution in [1.29, 1.82) is 0 Å². The summed E-state index contributed by atoms with van der Waals surface area (Å²) < 4.78 is 5.43. The van der Waals surface area contributed by atoms with E-state index in [2.05, 4.69) is 9.80 Å². The molecule has 4 nitrogen and oxygen atoms in total. The second kappa shape index (κ2) is 4.37. The summed E-state index contributed by atoms with van der Waals surface area (Å²) in [5, 5.41) is 8.83. The van der Waals surface area contributed by atoms with Crippen molar-refractivity contribution in [1.82, 2.24) is 9.80 Å². The zero-order valence-electron chi connectivity index (χ0n) is 7.98. The summed E-state index contributed by atoms with van der Waals surface area (Å²) in [4.78, 5) is 4.81. The molecule has 0 spiro atoms. The van der Waals surface area contributed by atoms with Gasteiger partial charge < -0.3 is 9.84 Å². The highest BCUT2D eigenvalue weighted by molar-refractivity contribution is 4.83. The highest BCUT2D eigenvalue weighted by Crippen LogP contribution is 2.12. The van der Waals surface area contributed by atoms with Crippen molar-refractivity contribution in [3.05, 3.63) is 0 Å². The molecule has 1 N–H and O–H groups in total. The molecule has 2 rings (SSSR count). The number of aliphatic hydroxyl groups is 1. The highest BCUT2D eigenvalue weighted by Gasteiger charge is 2.28. The lowest BCUT2D eigenvalue weighted by molar-refractivity contribution is -0.0465. The second-order valence-electron chi connectivity index (χ2n) is 3.79. The van der Waals surface area contributed by atoms with Gasteiger partial charge in [-0.3, -0.25) is 9.80 Å². The number of morpholine rings is 1. The maximum atomic E-state index is 8.83. The van der Waals surface area contributed by atoms with Gasteiger partial charge >= 0.3 is 0 Å². The van der Waals surface area contributed by atoms with E-state index in [1.807, 2.05) is 0 Å². The quantitative estimate of drug-likeness (QED) is 0.600. The molecule has 0 amide bonds. The topological polar surface area (TPSA) is 35.9 Å². The van der Waals surface area contributed by atoms with E-state index < -0.39 is 0 Å². The van der Waals surface area contributed by atoms with E-state index in [0.29, 0.717) is 6.04 Å². The van der Waals surface area contributed by atoms with Gasteiger partial charge in [0.25, 0.3) is 0 Å². The third kappa shape index (κ3) is 2.20. The monoisotopic (exact) mass is 186 g/mol. The number of nitrogens with zero attached hydrogens (tertiary/aromatic N) is 2. The summed E-state index contributed by atoms with van der Waals surface area (Å²) in [5.74, 6) is 0. The fraction of sp³-hybridized carbons (Fsp3) is 1.00. The summed E-state index contributed by atoms with van der Waals surface area (Å²) in [6, 6.07) is 0.564. The average molecular weight is 186 g/mol. The van der Waals surface area contributed by atoms with E-state index in [9.17, 15) is 0 Å². The standard InChI is InChI=1S/C9H18N2O2/c12-5-3-10-1-2-11-4-6-13-8-9(11)7-10/h9,12H,1-8H2. The number of hydrogen-bond donors (Lipinski definition) is 1. The number of β-amino-alcohol motifs (C(OH)–C–C–N with tert-alkyl or cyclic N) is 1. The van der Waals surface area contributed by atoms with Crippen LogP contribution < -0.4 is 0 Å². The van der Waals surface area contributed by atoms with Gasteiger partial charge in [-0.1, -0.05) is 0 Å². The van der Waals surface area contributed by atoms with E-state index in [1.54, 1.807) is 0 Å². The van der Waals surface area contributed by atoms with Crippen LogP contribution in [-0.4, -0.2) is 73.5 Å². The molecule has 0 aromatic heterocycles. The van der Waals surface area contributed by atoms with Crippen LogP contribution in [0.15, 0.2) is 0 Å². The molecular formula is C9H18N2O2. The molecule has 4 heteroatoms. The Morgan fingerprint density at radius 3 is 3.08 bits per heavy atom. The van der Waals surface area contributed by atoms with Gasteiger partial charge in [-0.25, -0.2) is 0 Å². The fourth-order valence-electron chi connectivity index (χ4n) is 2.16. The van der Waals surface area contributed by atoms with Gasteiger partial charge in [0.2, 0.25) is 0 Å². The van der Waals surface area contributed by atoms with Crippen LogP contribution in [0.5, 0.6) is 0 Å². The minimum Gasteiger partial charge on any atom is -0.395 e. The minimum absolute atomic E-state index is 0.271. The molecule has 0 bridgehead atoms. The Bertz CT molecular complexity index is 166. The molecular weight excluding hydrogens is 168 g/mol. The molecule has 2 heterocycles. The summed E-state index contributed by atoms with van der Waals surface area (Å²) >= 11 is 0. The molecule has 0 aromatic carbocycles. The molecule has 0 saturated carbocycles. The average Bonchev–Trinajstić information content (AvgIpc) is 2.18. The third-order valence-electron chi connectivity index (χ3n) is 2.94. The van der Waals surface area contributed by atoms with E-state index in [1.165, 1.54) is 0 Å². The first kappa shape index (κ1) is 9.40.